The molecule has 1 atom stereocenters. The highest BCUT2D eigenvalue weighted by atomic mass is 32.1. The number of aromatic nitrogens is 3. The summed E-state index contributed by atoms with van der Waals surface area (Å²) in [5.74, 6) is -0.0379. The summed E-state index contributed by atoms with van der Waals surface area (Å²) in [7, 11) is 1.64. The van der Waals surface area contributed by atoms with E-state index in [0.29, 0.717) is 13.2 Å². The second kappa shape index (κ2) is 6.62. The number of hydrogen-bond acceptors (Lipinski definition) is 5. The molecule has 0 unspecified atom stereocenters. The minimum absolute atomic E-state index is 0.0379. The molecule has 0 aliphatic carbocycles. The van der Waals surface area contributed by atoms with Crippen LogP contribution in [0.25, 0.3) is 0 Å². The summed E-state index contributed by atoms with van der Waals surface area (Å²) in [6.07, 6.45) is 5.08. The third-order valence-electron chi connectivity index (χ3n) is 2.98. The Kier molecular flexibility index (Phi) is 4.86. The third-order valence-corrected chi connectivity index (χ3v) is 4.11. The minimum atomic E-state index is -0.274. The third kappa shape index (κ3) is 3.43. The number of methoxy groups -OCH3 is 1. The van der Waals surface area contributed by atoms with E-state index in [9.17, 15) is 4.79 Å². The van der Waals surface area contributed by atoms with E-state index in [-0.39, 0.29) is 11.9 Å². The van der Waals surface area contributed by atoms with E-state index >= 15 is 0 Å². The van der Waals surface area contributed by atoms with Gasteiger partial charge in [0.1, 0.15) is 11.0 Å². The molecule has 2 aromatic heterocycles. The van der Waals surface area contributed by atoms with Crippen LogP contribution in [0.4, 0.5) is 0 Å². The molecule has 2 rings (SSSR count). The molecule has 2 heterocycles. The van der Waals surface area contributed by atoms with E-state index in [1.165, 1.54) is 0 Å². The minimum Gasteiger partial charge on any atom is -0.378 e. The number of ether oxygens (including phenoxy) is 1. The maximum absolute atomic E-state index is 12.1. The zero-order valence-electron chi connectivity index (χ0n) is 11.8. The first-order valence-electron chi connectivity index (χ1n) is 6.31. The molecule has 0 fully saturated rings. The van der Waals surface area contributed by atoms with E-state index in [4.69, 9.17) is 4.74 Å². The molecule has 2 aromatic rings. The van der Waals surface area contributed by atoms with Gasteiger partial charge in [-0.2, -0.15) is 0 Å². The van der Waals surface area contributed by atoms with Gasteiger partial charge in [-0.25, -0.2) is 9.97 Å². The second-order valence-corrected chi connectivity index (χ2v) is 5.62. The number of carbonyl (C=O) groups excluding carboxylic acids is 1. The molecule has 108 valence electrons. The Morgan fingerprint density at radius 3 is 3.05 bits per heavy atom. The van der Waals surface area contributed by atoms with Gasteiger partial charge in [-0.05, 0) is 13.8 Å². The van der Waals surface area contributed by atoms with Crippen LogP contribution in [0.1, 0.15) is 28.5 Å². The van der Waals surface area contributed by atoms with Crippen molar-refractivity contribution in [3.8, 4) is 0 Å². The molecule has 0 spiro atoms. The van der Waals surface area contributed by atoms with E-state index < -0.39 is 0 Å². The highest BCUT2D eigenvalue weighted by Crippen LogP contribution is 2.18. The number of nitrogens with zero attached hydrogens (tertiary/aromatic N) is 3. The molecule has 1 amide bonds. The fourth-order valence-electron chi connectivity index (χ4n) is 1.79. The lowest BCUT2D eigenvalue weighted by atomic mass is 10.3. The van der Waals surface area contributed by atoms with Crippen molar-refractivity contribution in [1.82, 2.24) is 19.9 Å². The molecule has 0 bridgehead atoms. The summed E-state index contributed by atoms with van der Waals surface area (Å²) in [5.41, 5.74) is 0.942. The van der Waals surface area contributed by atoms with Gasteiger partial charge in [-0.15, -0.1) is 11.3 Å². The van der Waals surface area contributed by atoms with Gasteiger partial charge in [-0.1, -0.05) is 0 Å². The van der Waals surface area contributed by atoms with Gasteiger partial charge in [0.2, 0.25) is 5.91 Å². The van der Waals surface area contributed by atoms with E-state index in [2.05, 4.69) is 15.3 Å². The Bertz CT molecular complexity index is 565. The summed E-state index contributed by atoms with van der Waals surface area (Å²) in [6.45, 7) is 4.78. The van der Waals surface area contributed by atoms with E-state index in [1.807, 2.05) is 13.8 Å². The number of imidazole rings is 1. The number of hydrogen-bond donors (Lipinski definition) is 1. The van der Waals surface area contributed by atoms with Gasteiger partial charge in [0.05, 0.1) is 25.2 Å². The molecule has 0 saturated carbocycles. The Hall–Kier alpha value is -1.73. The van der Waals surface area contributed by atoms with Crippen LogP contribution < -0.4 is 5.32 Å². The van der Waals surface area contributed by atoms with Gasteiger partial charge in [0.25, 0.3) is 0 Å². The van der Waals surface area contributed by atoms with E-state index in [0.717, 1.165) is 15.6 Å². The molecule has 0 radical (unpaired) electrons. The number of carbonyl (C=O) groups is 1. The molecular formula is C13H18N4O2S. The summed E-state index contributed by atoms with van der Waals surface area (Å²) >= 11 is 1.57. The van der Waals surface area contributed by atoms with Gasteiger partial charge >= 0.3 is 0 Å². The van der Waals surface area contributed by atoms with Crippen LogP contribution in [0.2, 0.25) is 0 Å². The maximum Gasteiger partial charge on any atom is 0.243 e. The molecule has 0 aliphatic heterocycles. The Morgan fingerprint density at radius 1 is 1.60 bits per heavy atom. The van der Waals surface area contributed by atoms with Crippen molar-refractivity contribution in [2.75, 3.05) is 7.11 Å². The lowest BCUT2D eigenvalue weighted by Crippen LogP contribution is -2.30. The molecule has 0 aromatic carbocycles. The lowest BCUT2D eigenvalue weighted by molar-refractivity contribution is -0.124. The predicted molar refractivity (Wildman–Crippen MR) is 76.3 cm³/mol. The molecular weight excluding hydrogens is 276 g/mol. The first-order chi connectivity index (χ1) is 9.61. The Labute approximate surface area is 121 Å². The summed E-state index contributed by atoms with van der Waals surface area (Å²) in [6, 6.07) is -0.274. The van der Waals surface area contributed by atoms with Crippen molar-refractivity contribution in [2.24, 2.45) is 0 Å². The number of aryl methyl sites for hydroxylation is 1. The van der Waals surface area contributed by atoms with Gasteiger partial charge in [0, 0.05) is 24.4 Å². The summed E-state index contributed by atoms with van der Waals surface area (Å²) < 4.78 is 6.83. The lowest BCUT2D eigenvalue weighted by Gasteiger charge is -2.12. The number of amides is 1. The van der Waals surface area contributed by atoms with Crippen molar-refractivity contribution in [3.63, 3.8) is 0 Å². The average molecular weight is 294 g/mol. The number of rotatable bonds is 6. The molecule has 0 saturated heterocycles. The highest BCUT2D eigenvalue weighted by Gasteiger charge is 2.15. The maximum atomic E-state index is 12.1. The number of thiazole rings is 1. The van der Waals surface area contributed by atoms with Crippen LogP contribution >= 0.6 is 11.3 Å². The smallest absolute Gasteiger partial charge is 0.243 e. The fraction of sp³-hybridized carbons (Fsp3) is 0.462. The zero-order valence-corrected chi connectivity index (χ0v) is 12.6. The monoisotopic (exact) mass is 294 g/mol. The first kappa shape index (κ1) is 14.7. The largest absolute Gasteiger partial charge is 0.378 e. The van der Waals surface area contributed by atoms with E-state index in [1.54, 1.807) is 41.7 Å². The molecule has 0 aliphatic rings. The summed E-state index contributed by atoms with van der Waals surface area (Å²) in [4.78, 5) is 21.5. The standard InChI is InChI=1S/C13H18N4O2S/c1-9-11(20-12(16-9)7-19-3)6-15-13(18)10(2)17-5-4-14-8-17/h4-5,8,10H,6-7H2,1-3H3,(H,15,18)/t10-/m0/s1. The van der Waals surface area contributed by atoms with Crippen LogP contribution in [0.5, 0.6) is 0 Å². The number of nitrogens with one attached hydrogen (secondary N) is 1. The van der Waals surface area contributed by atoms with Crippen molar-refractivity contribution >= 4 is 17.2 Å². The van der Waals surface area contributed by atoms with Crippen LogP contribution in [-0.2, 0) is 22.7 Å². The summed E-state index contributed by atoms with van der Waals surface area (Å²) in [5, 5.41) is 3.85. The van der Waals surface area contributed by atoms with Crippen molar-refractivity contribution in [3.05, 3.63) is 34.3 Å². The molecule has 7 heteroatoms. The second-order valence-electron chi connectivity index (χ2n) is 4.45. The van der Waals surface area contributed by atoms with Crippen molar-refractivity contribution < 1.29 is 9.53 Å². The normalized spacial score (nSPS) is 12.3. The Morgan fingerprint density at radius 2 is 2.40 bits per heavy atom. The Balaban J connectivity index is 1.93. The van der Waals surface area contributed by atoms with Gasteiger partial charge < -0.3 is 14.6 Å². The SMILES string of the molecule is COCc1nc(C)c(CNC(=O)[C@H](C)n2ccnc2)s1. The highest BCUT2D eigenvalue weighted by molar-refractivity contribution is 7.11. The first-order valence-corrected chi connectivity index (χ1v) is 7.12. The van der Waals surface area contributed by atoms with Gasteiger partial charge in [-0.3, -0.25) is 4.79 Å². The predicted octanol–water partition coefficient (Wildman–Crippen LogP) is 1.67. The van der Waals surface area contributed by atoms with Crippen molar-refractivity contribution in [1.29, 1.82) is 0 Å². The van der Waals surface area contributed by atoms with Crippen LogP contribution in [0, 0.1) is 6.92 Å². The van der Waals surface area contributed by atoms with Crippen molar-refractivity contribution in [2.45, 2.75) is 33.0 Å². The fourth-order valence-corrected chi connectivity index (χ4v) is 2.77. The average Bonchev–Trinajstić information content (AvgIpc) is 3.06. The zero-order chi connectivity index (χ0) is 14.5. The van der Waals surface area contributed by atoms with Crippen LogP contribution in [0.3, 0.4) is 0 Å². The quantitative estimate of drug-likeness (QED) is 0.880. The van der Waals surface area contributed by atoms with Gasteiger partial charge in [0.15, 0.2) is 0 Å². The molecule has 1 N–H and O–H groups in total. The topological polar surface area (TPSA) is 69.0 Å². The van der Waals surface area contributed by atoms with Crippen LogP contribution in [-0.4, -0.2) is 27.6 Å². The van der Waals surface area contributed by atoms with Crippen LogP contribution in [0.15, 0.2) is 18.7 Å². The molecule has 20 heavy (non-hydrogen) atoms. The molecule has 6 nitrogen and oxygen atoms in total.